The summed E-state index contributed by atoms with van der Waals surface area (Å²) >= 11 is 0. The first-order valence-electron chi connectivity index (χ1n) is 15.9. The van der Waals surface area contributed by atoms with E-state index in [4.69, 9.17) is 4.98 Å². The van der Waals surface area contributed by atoms with Crippen molar-refractivity contribution >= 4 is 49.9 Å². The highest BCUT2D eigenvalue weighted by atomic mass is 15.1. The van der Waals surface area contributed by atoms with Gasteiger partial charge in [-0.2, -0.15) is 0 Å². The predicted molar refractivity (Wildman–Crippen MR) is 196 cm³/mol. The van der Waals surface area contributed by atoms with E-state index in [0.29, 0.717) is 0 Å². The Morgan fingerprint density at radius 3 is 1.83 bits per heavy atom. The Bertz CT molecular complexity index is 2490. The summed E-state index contributed by atoms with van der Waals surface area (Å²) in [6.45, 7) is 0. The molecule has 0 saturated carbocycles. The molecule has 0 amide bonds. The summed E-state index contributed by atoms with van der Waals surface area (Å²) in [7, 11) is 0. The van der Waals surface area contributed by atoms with E-state index in [2.05, 4.69) is 178 Å². The fourth-order valence-corrected chi connectivity index (χ4v) is 6.67. The first-order chi connectivity index (χ1) is 23.3. The highest BCUT2D eigenvalue weighted by molar-refractivity contribution is 6.08. The van der Waals surface area contributed by atoms with E-state index in [9.17, 15) is 0 Å². The van der Waals surface area contributed by atoms with Crippen molar-refractivity contribution in [2.75, 3.05) is 4.90 Å². The molecule has 4 nitrogen and oxygen atoms in total. The number of anilines is 3. The molecule has 0 aliphatic heterocycles. The Morgan fingerprint density at radius 2 is 1.04 bits per heavy atom. The van der Waals surface area contributed by atoms with Gasteiger partial charge in [0.25, 0.3) is 0 Å². The molecule has 0 fully saturated rings. The van der Waals surface area contributed by atoms with Gasteiger partial charge in [-0.25, -0.2) is 4.98 Å². The number of H-pyrrole nitrogens is 1. The first-order valence-corrected chi connectivity index (χ1v) is 15.9. The van der Waals surface area contributed by atoms with Gasteiger partial charge in [0, 0.05) is 50.1 Å². The average Bonchev–Trinajstić information content (AvgIpc) is 3.72. The number of hydrogen-bond acceptors (Lipinski definition) is 2. The van der Waals surface area contributed by atoms with Crippen molar-refractivity contribution in [1.29, 1.82) is 0 Å². The number of rotatable bonds is 6. The summed E-state index contributed by atoms with van der Waals surface area (Å²) in [5.41, 5.74) is 12.2. The van der Waals surface area contributed by atoms with E-state index < -0.39 is 0 Å². The Labute approximate surface area is 272 Å². The molecule has 0 radical (unpaired) electrons. The number of nitrogens with zero attached hydrogens (tertiary/aromatic N) is 3. The van der Waals surface area contributed by atoms with Crippen molar-refractivity contribution in [3.63, 3.8) is 0 Å². The molecule has 9 aromatic rings. The van der Waals surface area contributed by atoms with Crippen molar-refractivity contribution in [1.82, 2.24) is 14.5 Å². The first kappa shape index (κ1) is 27.0. The van der Waals surface area contributed by atoms with Gasteiger partial charge in [0.2, 0.25) is 0 Å². The van der Waals surface area contributed by atoms with Crippen LogP contribution in [0.1, 0.15) is 0 Å². The van der Waals surface area contributed by atoms with Crippen LogP contribution in [0.5, 0.6) is 0 Å². The van der Waals surface area contributed by atoms with Crippen LogP contribution in [0.2, 0.25) is 0 Å². The third kappa shape index (κ3) is 4.75. The summed E-state index contributed by atoms with van der Waals surface area (Å²) in [5, 5.41) is 2.45. The van der Waals surface area contributed by atoms with Crippen LogP contribution in [-0.4, -0.2) is 14.5 Å². The minimum Gasteiger partial charge on any atom is -0.355 e. The Morgan fingerprint density at radius 1 is 0.447 bits per heavy atom. The lowest BCUT2D eigenvalue weighted by Gasteiger charge is -2.26. The van der Waals surface area contributed by atoms with Gasteiger partial charge < -0.3 is 9.88 Å². The van der Waals surface area contributed by atoms with Crippen molar-refractivity contribution in [2.24, 2.45) is 0 Å². The minimum absolute atomic E-state index is 0.940. The average molecular weight is 603 g/mol. The number of hydrogen-bond donors (Lipinski definition) is 1. The van der Waals surface area contributed by atoms with Crippen molar-refractivity contribution in [2.45, 2.75) is 0 Å². The summed E-state index contributed by atoms with van der Waals surface area (Å²) in [5.74, 6) is 0.940. The molecule has 222 valence electrons. The van der Waals surface area contributed by atoms with Crippen LogP contribution in [0, 0.1) is 0 Å². The van der Waals surface area contributed by atoms with Crippen molar-refractivity contribution < 1.29 is 0 Å². The normalized spacial score (nSPS) is 11.4. The summed E-state index contributed by atoms with van der Waals surface area (Å²) in [6.07, 6.45) is 0. The quantitative estimate of drug-likeness (QED) is 0.206. The van der Waals surface area contributed by atoms with E-state index in [-0.39, 0.29) is 0 Å². The fourth-order valence-electron chi connectivity index (χ4n) is 6.67. The second-order valence-corrected chi connectivity index (χ2v) is 11.8. The molecule has 0 atom stereocenters. The second kappa shape index (κ2) is 11.2. The summed E-state index contributed by atoms with van der Waals surface area (Å²) in [6, 6.07) is 62.1. The SMILES string of the molecule is c1ccc(-c2nc3ccccc3n2-c2ccc(-c3ccc(N(c4ccccc4)c4ccc5[nH]c6ccccc6c5c4)cc3)cc2)cc1. The van der Waals surface area contributed by atoms with Gasteiger partial charge >= 0.3 is 0 Å². The number of benzene rings is 7. The molecule has 0 saturated heterocycles. The fraction of sp³-hybridized carbons (Fsp3) is 0. The third-order valence-corrected chi connectivity index (χ3v) is 8.94. The molecule has 0 bridgehead atoms. The molecule has 2 heterocycles. The minimum atomic E-state index is 0.940. The summed E-state index contributed by atoms with van der Waals surface area (Å²) < 4.78 is 2.25. The van der Waals surface area contributed by atoms with Crippen LogP contribution in [0.15, 0.2) is 176 Å². The van der Waals surface area contributed by atoms with Crippen molar-refractivity contribution in [3.8, 4) is 28.2 Å². The maximum absolute atomic E-state index is 5.00. The van der Waals surface area contributed by atoms with E-state index >= 15 is 0 Å². The number of para-hydroxylation sites is 4. The summed E-state index contributed by atoms with van der Waals surface area (Å²) in [4.78, 5) is 10.9. The van der Waals surface area contributed by atoms with E-state index in [1.165, 1.54) is 16.3 Å². The number of nitrogens with one attached hydrogen (secondary N) is 1. The lowest BCUT2D eigenvalue weighted by Crippen LogP contribution is -2.09. The monoisotopic (exact) mass is 602 g/mol. The molecule has 9 rings (SSSR count). The van der Waals surface area contributed by atoms with Gasteiger partial charge in [-0.1, -0.05) is 103 Å². The highest BCUT2D eigenvalue weighted by Crippen LogP contribution is 2.38. The largest absolute Gasteiger partial charge is 0.355 e. The van der Waals surface area contributed by atoms with E-state index in [0.717, 1.165) is 61.8 Å². The number of aromatic amines is 1. The molecule has 0 spiro atoms. The topological polar surface area (TPSA) is 36.9 Å². The van der Waals surface area contributed by atoms with Crippen LogP contribution in [-0.2, 0) is 0 Å². The van der Waals surface area contributed by atoms with Gasteiger partial charge in [-0.3, -0.25) is 4.57 Å². The molecule has 2 aromatic heterocycles. The zero-order valence-electron chi connectivity index (χ0n) is 25.6. The Balaban J connectivity index is 1.08. The molecule has 0 unspecified atom stereocenters. The number of fused-ring (bicyclic) bond motifs is 4. The third-order valence-electron chi connectivity index (χ3n) is 8.94. The lowest BCUT2D eigenvalue weighted by molar-refractivity contribution is 1.10. The zero-order chi connectivity index (χ0) is 31.2. The van der Waals surface area contributed by atoms with Gasteiger partial charge in [0.05, 0.1) is 11.0 Å². The van der Waals surface area contributed by atoms with E-state index in [1.54, 1.807) is 0 Å². The molecule has 1 N–H and O–H groups in total. The molecule has 47 heavy (non-hydrogen) atoms. The number of imidazole rings is 1. The van der Waals surface area contributed by atoms with Crippen molar-refractivity contribution in [3.05, 3.63) is 176 Å². The molecular formula is C43H30N4. The molecular weight excluding hydrogens is 573 g/mol. The second-order valence-electron chi connectivity index (χ2n) is 11.8. The Hall–Kier alpha value is -6.39. The predicted octanol–water partition coefficient (Wildman–Crippen LogP) is 11.5. The molecule has 0 aliphatic carbocycles. The maximum Gasteiger partial charge on any atom is 0.145 e. The standard InChI is InChI=1S/C43H30N4/c1-3-11-32(12-4-1)43-45-41-17-9-10-18-42(41)47(43)35-25-21-31(22-26-35)30-19-23-34(24-20-30)46(33-13-5-2-6-14-33)36-27-28-40-38(29-36)37-15-7-8-16-39(37)44-40/h1-29,44H. The maximum atomic E-state index is 5.00. The van der Waals surface area contributed by atoms with Crippen LogP contribution in [0.4, 0.5) is 17.1 Å². The van der Waals surface area contributed by atoms with Crippen LogP contribution < -0.4 is 4.90 Å². The van der Waals surface area contributed by atoms with Crippen LogP contribution in [0.25, 0.3) is 61.0 Å². The lowest BCUT2D eigenvalue weighted by atomic mass is 10.0. The number of aromatic nitrogens is 3. The van der Waals surface area contributed by atoms with Crippen LogP contribution in [0.3, 0.4) is 0 Å². The van der Waals surface area contributed by atoms with Gasteiger partial charge in [0.1, 0.15) is 5.82 Å². The molecule has 4 heteroatoms. The van der Waals surface area contributed by atoms with Crippen LogP contribution >= 0.6 is 0 Å². The van der Waals surface area contributed by atoms with E-state index in [1.807, 2.05) is 12.1 Å². The highest BCUT2D eigenvalue weighted by Gasteiger charge is 2.16. The Kier molecular flexibility index (Phi) is 6.43. The van der Waals surface area contributed by atoms with Gasteiger partial charge in [-0.15, -0.1) is 0 Å². The zero-order valence-corrected chi connectivity index (χ0v) is 25.6. The smallest absolute Gasteiger partial charge is 0.145 e. The molecule has 7 aromatic carbocycles. The van der Waals surface area contributed by atoms with Gasteiger partial charge in [0.15, 0.2) is 0 Å². The molecule has 0 aliphatic rings. The van der Waals surface area contributed by atoms with Gasteiger partial charge in [-0.05, 0) is 83.9 Å².